The van der Waals surface area contributed by atoms with Crippen LogP contribution in [0.5, 0.6) is 5.75 Å². The second kappa shape index (κ2) is 5.56. The second-order valence-electron chi connectivity index (χ2n) is 4.60. The normalized spacial score (nSPS) is 15.1. The van der Waals surface area contributed by atoms with Gasteiger partial charge in [-0.05, 0) is 57.7 Å². The van der Waals surface area contributed by atoms with E-state index in [9.17, 15) is 0 Å². The molecule has 1 aromatic heterocycles. The molecule has 1 aliphatic heterocycles. The van der Waals surface area contributed by atoms with Gasteiger partial charge in [0.05, 0.1) is 10.4 Å². The van der Waals surface area contributed by atoms with Crippen molar-refractivity contribution in [3.05, 3.63) is 48.5 Å². The van der Waals surface area contributed by atoms with Crippen LogP contribution in [0.4, 0.5) is 0 Å². The molecule has 1 aromatic carbocycles. The summed E-state index contributed by atoms with van der Waals surface area (Å²) in [6.45, 7) is 0.776. The Hall–Kier alpha value is -0.360. The Morgan fingerprint density at radius 2 is 2.16 bits per heavy atom. The number of benzene rings is 1. The zero-order valence-electron chi connectivity index (χ0n) is 10.2. The van der Waals surface area contributed by atoms with Crippen molar-refractivity contribution in [3.63, 3.8) is 0 Å². The third-order valence-corrected chi connectivity index (χ3v) is 5.44. The average molecular weight is 403 g/mol. The van der Waals surface area contributed by atoms with E-state index < -0.39 is 0 Å². The van der Waals surface area contributed by atoms with Gasteiger partial charge < -0.3 is 10.5 Å². The first-order valence-corrected chi connectivity index (χ1v) is 8.48. The molecule has 1 aliphatic rings. The van der Waals surface area contributed by atoms with Crippen LogP contribution < -0.4 is 10.5 Å². The van der Waals surface area contributed by atoms with Crippen molar-refractivity contribution in [1.82, 2.24) is 0 Å². The number of hydrogen-bond donors (Lipinski definition) is 1. The van der Waals surface area contributed by atoms with Crippen molar-refractivity contribution in [3.8, 4) is 5.75 Å². The summed E-state index contributed by atoms with van der Waals surface area (Å²) in [6.07, 6.45) is 1.79. The molecular formula is C14H13Br2NOS. The summed E-state index contributed by atoms with van der Waals surface area (Å²) < 4.78 is 7.97. The molecule has 1 unspecified atom stereocenters. The summed E-state index contributed by atoms with van der Waals surface area (Å²) in [7, 11) is 0. The molecule has 0 radical (unpaired) electrons. The van der Waals surface area contributed by atoms with Crippen molar-refractivity contribution >= 4 is 43.2 Å². The van der Waals surface area contributed by atoms with Gasteiger partial charge in [-0.1, -0.05) is 15.9 Å². The highest BCUT2D eigenvalue weighted by atomic mass is 79.9. The molecule has 2 heterocycles. The molecule has 0 amide bonds. The third kappa shape index (κ3) is 2.89. The quantitative estimate of drug-likeness (QED) is 0.822. The summed E-state index contributed by atoms with van der Waals surface area (Å²) in [5, 5.41) is 0. The van der Waals surface area contributed by atoms with Crippen LogP contribution in [0.3, 0.4) is 0 Å². The van der Waals surface area contributed by atoms with E-state index in [1.807, 2.05) is 6.07 Å². The van der Waals surface area contributed by atoms with E-state index in [1.54, 1.807) is 11.3 Å². The van der Waals surface area contributed by atoms with Crippen LogP contribution in [0.15, 0.2) is 32.5 Å². The SMILES string of the molecule is NC(Cc1cc(Br)cc2c1OCC2)c1ccc(Br)s1. The molecule has 0 fully saturated rings. The Bertz CT molecular complexity index is 611. The lowest BCUT2D eigenvalue weighted by Gasteiger charge is -2.13. The van der Waals surface area contributed by atoms with E-state index in [0.29, 0.717) is 0 Å². The summed E-state index contributed by atoms with van der Waals surface area (Å²) in [5.74, 6) is 1.04. The average Bonchev–Trinajstić information content (AvgIpc) is 2.97. The minimum absolute atomic E-state index is 0.0129. The van der Waals surface area contributed by atoms with Gasteiger partial charge in [0.25, 0.3) is 0 Å². The monoisotopic (exact) mass is 401 g/mol. The predicted octanol–water partition coefficient (Wildman–Crippen LogP) is 4.45. The first kappa shape index (κ1) is 13.6. The smallest absolute Gasteiger partial charge is 0.125 e. The standard InChI is InChI=1S/C14H13Br2NOS/c15-10-5-8-3-4-18-14(8)9(6-10)7-11(17)12-1-2-13(16)19-12/h1-2,5-6,11H,3-4,7,17H2. The lowest BCUT2D eigenvalue weighted by Crippen LogP contribution is -2.12. The molecule has 2 aromatic rings. The molecule has 0 spiro atoms. The van der Waals surface area contributed by atoms with E-state index in [2.05, 4.69) is 50.1 Å². The topological polar surface area (TPSA) is 35.2 Å². The van der Waals surface area contributed by atoms with Gasteiger partial charge in [-0.15, -0.1) is 11.3 Å². The van der Waals surface area contributed by atoms with Crippen LogP contribution in [0.25, 0.3) is 0 Å². The maximum Gasteiger partial charge on any atom is 0.125 e. The summed E-state index contributed by atoms with van der Waals surface area (Å²) >= 11 is 8.73. The number of ether oxygens (including phenoxy) is 1. The fourth-order valence-electron chi connectivity index (χ4n) is 2.36. The molecule has 3 rings (SSSR count). The van der Waals surface area contributed by atoms with Gasteiger partial charge in [-0.3, -0.25) is 0 Å². The van der Waals surface area contributed by atoms with Gasteiger partial charge in [-0.2, -0.15) is 0 Å². The van der Waals surface area contributed by atoms with Crippen molar-refractivity contribution in [2.45, 2.75) is 18.9 Å². The highest BCUT2D eigenvalue weighted by Gasteiger charge is 2.20. The van der Waals surface area contributed by atoms with Crippen LogP contribution in [-0.2, 0) is 12.8 Å². The Kier molecular flexibility index (Phi) is 3.98. The summed E-state index contributed by atoms with van der Waals surface area (Å²) in [5.41, 5.74) is 8.78. The number of rotatable bonds is 3. The second-order valence-corrected chi connectivity index (χ2v) is 8.01. The van der Waals surface area contributed by atoms with Crippen LogP contribution in [0.1, 0.15) is 22.0 Å². The van der Waals surface area contributed by atoms with Gasteiger partial charge >= 0.3 is 0 Å². The number of nitrogens with two attached hydrogens (primary N) is 1. The first-order valence-electron chi connectivity index (χ1n) is 6.08. The zero-order valence-corrected chi connectivity index (χ0v) is 14.1. The third-order valence-electron chi connectivity index (χ3n) is 3.22. The molecule has 19 heavy (non-hydrogen) atoms. The van der Waals surface area contributed by atoms with E-state index >= 15 is 0 Å². The van der Waals surface area contributed by atoms with Crippen molar-refractivity contribution in [2.75, 3.05) is 6.61 Å². The zero-order chi connectivity index (χ0) is 13.4. The highest BCUT2D eigenvalue weighted by molar-refractivity contribution is 9.11. The largest absolute Gasteiger partial charge is 0.493 e. The van der Waals surface area contributed by atoms with Gasteiger partial charge in [-0.25, -0.2) is 0 Å². The minimum Gasteiger partial charge on any atom is -0.493 e. The molecule has 0 saturated heterocycles. The number of hydrogen-bond acceptors (Lipinski definition) is 3. The number of thiophene rings is 1. The molecule has 5 heteroatoms. The lowest BCUT2D eigenvalue weighted by atomic mass is 10.0. The molecule has 0 bridgehead atoms. The maximum atomic E-state index is 6.30. The highest BCUT2D eigenvalue weighted by Crippen LogP contribution is 2.36. The van der Waals surface area contributed by atoms with Gasteiger partial charge in [0.1, 0.15) is 5.75 Å². The van der Waals surface area contributed by atoms with E-state index in [1.165, 1.54) is 16.0 Å². The van der Waals surface area contributed by atoms with Crippen LogP contribution in [0, 0.1) is 0 Å². The fourth-order valence-corrected chi connectivity index (χ4v) is 4.34. The number of fused-ring (bicyclic) bond motifs is 1. The van der Waals surface area contributed by atoms with Gasteiger partial charge in [0, 0.05) is 21.8 Å². The van der Waals surface area contributed by atoms with Crippen LogP contribution in [-0.4, -0.2) is 6.61 Å². The predicted molar refractivity (Wildman–Crippen MR) is 86.0 cm³/mol. The van der Waals surface area contributed by atoms with Gasteiger partial charge in [0.15, 0.2) is 0 Å². The van der Waals surface area contributed by atoms with Crippen molar-refractivity contribution < 1.29 is 4.74 Å². The Morgan fingerprint density at radius 3 is 2.89 bits per heavy atom. The van der Waals surface area contributed by atoms with Crippen molar-refractivity contribution in [1.29, 1.82) is 0 Å². The minimum atomic E-state index is 0.0129. The molecule has 0 saturated carbocycles. The number of halogens is 2. The first-order chi connectivity index (χ1) is 9.13. The van der Waals surface area contributed by atoms with Gasteiger partial charge in [0.2, 0.25) is 0 Å². The summed E-state index contributed by atoms with van der Waals surface area (Å²) in [4.78, 5) is 1.19. The van der Waals surface area contributed by atoms with Crippen molar-refractivity contribution in [2.24, 2.45) is 5.73 Å². The Labute approximate surface area is 133 Å². The van der Waals surface area contributed by atoms with Crippen LogP contribution >= 0.6 is 43.2 Å². The lowest BCUT2D eigenvalue weighted by molar-refractivity contribution is 0.352. The van der Waals surface area contributed by atoms with E-state index in [0.717, 1.165) is 33.5 Å². The molecule has 2 nitrogen and oxygen atoms in total. The Balaban J connectivity index is 1.87. The van der Waals surface area contributed by atoms with Crippen LogP contribution in [0.2, 0.25) is 0 Å². The van der Waals surface area contributed by atoms with E-state index in [-0.39, 0.29) is 6.04 Å². The van der Waals surface area contributed by atoms with E-state index in [4.69, 9.17) is 10.5 Å². The molecule has 0 aliphatic carbocycles. The maximum absolute atomic E-state index is 6.30. The molecule has 2 N–H and O–H groups in total. The molecule has 100 valence electrons. The Morgan fingerprint density at radius 1 is 1.32 bits per heavy atom. The fraction of sp³-hybridized carbons (Fsp3) is 0.286. The summed E-state index contributed by atoms with van der Waals surface area (Å²) in [6, 6.07) is 8.39. The molecular weight excluding hydrogens is 390 g/mol. The molecule has 1 atom stereocenters.